The zero-order valence-electron chi connectivity index (χ0n) is 11.1. The Morgan fingerprint density at radius 1 is 1.11 bits per heavy atom. The molecular weight excluding hydrogens is 242 g/mol. The average molecular weight is 257 g/mol. The van der Waals surface area contributed by atoms with Crippen molar-refractivity contribution in [1.29, 1.82) is 0 Å². The summed E-state index contributed by atoms with van der Waals surface area (Å²) in [6.07, 6.45) is 1.38. The number of aromatic carboxylic acids is 1. The number of pyridine rings is 1. The van der Waals surface area contributed by atoms with Crippen molar-refractivity contribution in [2.45, 2.75) is 20.8 Å². The molecule has 0 unspecified atom stereocenters. The van der Waals surface area contributed by atoms with Crippen molar-refractivity contribution in [2.75, 3.05) is 0 Å². The number of aryl methyl sites for hydroxylation is 3. The topological polar surface area (TPSA) is 59.3 Å². The molecule has 0 atom stereocenters. The molecule has 0 amide bonds. The number of rotatable bonds is 2. The Hall–Kier alpha value is -2.36. The molecule has 2 aromatic rings. The fourth-order valence-corrected chi connectivity index (χ4v) is 1.95. The number of nitrogens with zero attached hydrogens (tertiary/aromatic N) is 1. The predicted molar refractivity (Wildman–Crippen MR) is 73.2 cm³/mol. The highest BCUT2D eigenvalue weighted by atomic mass is 16.4. The van der Waals surface area contributed by atoms with Crippen molar-refractivity contribution in [3.05, 3.63) is 63.1 Å². The summed E-state index contributed by atoms with van der Waals surface area (Å²) in [6, 6.07) is 7.20. The summed E-state index contributed by atoms with van der Waals surface area (Å²) in [5.41, 5.74) is 3.16. The summed E-state index contributed by atoms with van der Waals surface area (Å²) in [5.74, 6) is -1.21. The van der Waals surface area contributed by atoms with E-state index in [9.17, 15) is 9.59 Å². The third kappa shape index (κ3) is 2.42. The summed E-state index contributed by atoms with van der Waals surface area (Å²) in [4.78, 5) is 22.6. The molecule has 0 aliphatic heterocycles. The van der Waals surface area contributed by atoms with Gasteiger partial charge in [0, 0.05) is 23.6 Å². The molecule has 0 saturated carbocycles. The second-order valence-electron chi connectivity index (χ2n) is 4.64. The van der Waals surface area contributed by atoms with Crippen LogP contribution in [0.1, 0.15) is 27.2 Å². The van der Waals surface area contributed by atoms with Gasteiger partial charge in [-0.15, -0.1) is 0 Å². The first kappa shape index (κ1) is 13.1. The van der Waals surface area contributed by atoms with Crippen molar-refractivity contribution >= 4 is 5.97 Å². The number of aromatic nitrogens is 1. The summed E-state index contributed by atoms with van der Waals surface area (Å²) in [6.45, 7) is 5.79. The SMILES string of the molecule is Cc1ccc(-n2cc(C(=O)O)c(=O)cc2C)cc1C. The van der Waals surface area contributed by atoms with Gasteiger partial charge in [-0.05, 0) is 44.0 Å². The standard InChI is InChI=1S/C15H15NO3/c1-9-4-5-12(6-10(9)2)16-8-13(15(18)19)14(17)7-11(16)3/h4-8H,1-3H3,(H,18,19). The highest BCUT2D eigenvalue weighted by Crippen LogP contribution is 2.15. The molecule has 19 heavy (non-hydrogen) atoms. The third-order valence-electron chi connectivity index (χ3n) is 3.24. The minimum absolute atomic E-state index is 0.219. The second-order valence-corrected chi connectivity index (χ2v) is 4.64. The summed E-state index contributed by atoms with van der Waals surface area (Å²) < 4.78 is 1.72. The van der Waals surface area contributed by atoms with Crippen molar-refractivity contribution < 1.29 is 9.90 Å². The van der Waals surface area contributed by atoms with Crippen LogP contribution in [0.15, 0.2) is 35.3 Å². The number of carboxylic acid groups (broad SMARTS) is 1. The number of carbonyl (C=O) groups is 1. The van der Waals surface area contributed by atoms with E-state index >= 15 is 0 Å². The molecule has 0 saturated heterocycles. The number of hydrogen-bond acceptors (Lipinski definition) is 2. The van der Waals surface area contributed by atoms with Crippen LogP contribution in [0.5, 0.6) is 0 Å². The van der Waals surface area contributed by atoms with Crippen LogP contribution in [0.2, 0.25) is 0 Å². The van der Waals surface area contributed by atoms with Gasteiger partial charge in [-0.3, -0.25) is 4.79 Å². The molecule has 1 N–H and O–H groups in total. The Kier molecular flexibility index (Phi) is 3.25. The predicted octanol–water partition coefficient (Wildman–Crippen LogP) is 2.46. The Morgan fingerprint density at radius 2 is 1.79 bits per heavy atom. The molecule has 1 aromatic heterocycles. The second kappa shape index (κ2) is 4.72. The first-order chi connectivity index (χ1) is 8.90. The number of benzene rings is 1. The maximum Gasteiger partial charge on any atom is 0.341 e. The largest absolute Gasteiger partial charge is 0.477 e. The van der Waals surface area contributed by atoms with E-state index < -0.39 is 11.4 Å². The van der Waals surface area contributed by atoms with E-state index in [1.807, 2.05) is 32.0 Å². The van der Waals surface area contributed by atoms with Crippen LogP contribution in [-0.4, -0.2) is 15.6 Å². The molecule has 0 aliphatic carbocycles. The van der Waals surface area contributed by atoms with Gasteiger partial charge >= 0.3 is 5.97 Å². The molecule has 4 heteroatoms. The van der Waals surface area contributed by atoms with Crippen LogP contribution in [0, 0.1) is 20.8 Å². The number of hydrogen-bond donors (Lipinski definition) is 1. The first-order valence-corrected chi connectivity index (χ1v) is 5.94. The van der Waals surface area contributed by atoms with Crippen molar-refractivity contribution in [2.24, 2.45) is 0 Å². The van der Waals surface area contributed by atoms with Gasteiger partial charge in [-0.2, -0.15) is 0 Å². The summed E-state index contributed by atoms with van der Waals surface area (Å²) in [7, 11) is 0. The molecular formula is C15H15NO3. The van der Waals surface area contributed by atoms with E-state index in [1.165, 1.54) is 17.8 Å². The summed E-state index contributed by atoms with van der Waals surface area (Å²) >= 11 is 0. The fourth-order valence-electron chi connectivity index (χ4n) is 1.95. The molecule has 0 radical (unpaired) electrons. The van der Waals surface area contributed by atoms with Gasteiger partial charge in [-0.25, -0.2) is 4.79 Å². The minimum atomic E-state index is -1.21. The van der Waals surface area contributed by atoms with E-state index in [-0.39, 0.29) is 5.56 Å². The molecule has 0 aliphatic rings. The van der Waals surface area contributed by atoms with Crippen LogP contribution in [0.25, 0.3) is 5.69 Å². The van der Waals surface area contributed by atoms with E-state index in [0.717, 1.165) is 11.3 Å². The minimum Gasteiger partial charge on any atom is -0.477 e. The van der Waals surface area contributed by atoms with Crippen molar-refractivity contribution in [3.63, 3.8) is 0 Å². The molecule has 98 valence electrons. The normalized spacial score (nSPS) is 10.5. The Morgan fingerprint density at radius 3 is 2.37 bits per heavy atom. The average Bonchev–Trinajstić information content (AvgIpc) is 2.32. The van der Waals surface area contributed by atoms with Gasteiger partial charge in [0.05, 0.1) is 0 Å². The number of carboxylic acids is 1. The maximum absolute atomic E-state index is 11.6. The molecule has 1 aromatic carbocycles. The molecule has 1 heterocycles. The smallest absolute Gasteiger partial charge is 0.341 e. The lowest BCUT2D eigenvalue weighted by molar-refractivity contribution is 0.0695. The first-order valence-electron chi connectivity index (χ1n) is 5.94. The zero-order chi connectivity index (χ0) is 14.2. The van der Waals surface area contributed by atoms with Crippen LogP contribution < -0.4 is 5.43 Å². The molecule has 0 spiro atoms. The van der Waals surface area contributed by atoms with Gasteiger partial charge in [0.2, 0.25) is 0 Å². The van der Waals surface area contributed by atoms with Crippen LogP contribution in [0.3, 0.4) is 0 Å². The van der Waals surface area contributed by atoms with Crippen LogP contribution >= 0.6 is 0 Å². The van der Waals surface area contributed by atoms with Crippen LogP contribution in [0.4, 0.5) is 0 Å². The van der Waals surface area contributed by atoms with Gasteiger partial charge < -0.3 is 9.67 Å². The Balaban J connectivity index is 2.68. The molecule has 4 nitrogen and oxygen atoms in total. The fraction of sp³-hybridized carbons (Fsp3) is 0.200. The molecule has 0 bridgehead atoms. The highest BCUT2D eigenvalue weighted by Gasteiger charge is 2.11. The van der Waals surface area contributed by atoms with Gasteiger partial charge in [0.1, 0.15) is 5.56 Å². The lowest BCUT2D eigenvalue weighted by atomic mass is 10.1. The summed E-state index contributed by atoms with van der Waals surface area (Å²) in [5, 5.41) is 9.01. The third-order valence-corrected chi connectivity index (χ3v) is 3.24. The lowest BCUT2D eigenvalue weighted by Crippen LogP contribution is -2.18. The van der Waals surface area contributed by atoms with Gasteiger partial charge in [0.25, 0.3) is 0 Å². The van der Waals surface area contributed by atoms with E-state index in [0.29, 0.717) is 5.69 Å². The van der Waals surface area contributed by atoms with Crippen molar-refractivity contribution in [3.8, 4) is 5.69 Å². The van der Waals surface area contributed by atoms with E-state index in [4.69, 9.17) is 5.11 Å². The van der Waals surface area contributed by atoms with E-state index in [1.54, 1.807) is 11.5 Å². The van der Waals surface area contributed by atoms with Crippen molar-refractivity contribution in [1.82, 2.24) is 4.57 Å². The maximum atomic E-state index is 11.6. The molecule has 2 rings (SSSR count). The lowest BCUT2D eigenvalue weighted by Gasteiger charge is -2.13. The van der Waals surface area contributed by atoms with Gasteiger partial charge in [-0.1, -0.05) is 6.07 Å². The quantitative estimate of drug-likeness (QED) is 0.899. The van der Waals surface area contributed by atoms with Crippen LogP contribution in [-0.2, 0) is 0 Å². The zero-order valence-corrected chi connectivity index (χ0v) is 11.1. The monoisotopic (exact) mass is 257 g/mol. The Labute approximate surface area is 110 Å². The van der Waals surface area contributed by atoms with Gasteiger partial charge in [0.15, 0.2) is 5.43 Å². The molecule has 0 fully saturated rings. The van der Waals surface area contributed by atoms with E-state index in [2.05, 4.69) is 0 Å². The highest BCUT2D eigenvalue weighted by molar-refractivity contribution is 5.87. The Bertz CT molecular complexity index is 714.